The zero-order chi connectivity index (χ0) is 18.5. The van der Waals surface area contributed by atoms with Gasteiger partial charge in [-0.05, 0) is 36.6 Å². The minimum absolute atomic E-state index is 0.262. The van der Waals surface area contributed by atoms with Crippen LogP contribution in [0.4, 0.5) is 17.2 Å². The number of amides is 1. The monoisotopic (exact) mass is 346 g/mol. The van der Waals surface area contributed by atoms with E-state index in [2.05, 4.69) is 40.5 Å². The second kappa shape index (κ2) is 7.78. The number of carbonyl (C=O) groups excluding carboxylic acids is 1. The maximum Gasteiger partial charge on any atom is 0.274 e. The van der Waals surface area contributed by atoms with Gasteiger partial charge in [0, 0.05) is 17.4 Å². The predicted molar refractivity (Wildman–Crippen MR) is 105 cm³/mol. The molecule has 0 aliphatic heterocycles. The van der Waals surface area contributed by atoms with Gasteiger partial charge in [0.2, 0.25) is 0 Å². The van der Waals surface area contributed by atoms with E-state index in [1.54, 1.807) is 13.0 Å². The average Bonchev–Trinajstić information content (AvgIpc) is 2.62. The van der Waals surface area contributed by atoms with Crippen molar-refractivity contribution in [3.05, 3.63) is 77.7 Å². The summed E-state index contributed by atoms with van der Waals surface area (Å²) in [4.78, 5) is 21.2. The Balaban J connectivity index is 1.85. The van der Waals surface area contributed by atoms with Crippen LogP contribution in [0.1, 0.15) is 41.6 Å². The molecule has 0 atom stereocenters. The zero-order valence-corrected chi connectivity index (χ0v) is 15.2. The van der Waals surface area contributed by atoms with Crippen molar-refractivity contribution in [2.75, 3.05) is 10.6 Å². The largest absolute Gasteiger partial charge is 0.340 e. The molecule has 0 aliphatic carbocycles. The Bertz CT molecular complexity index is 907. The van der Waals surface area contributed by atoms with Crippen molar-refractivity contribution in [3.63, 3.8) is 0 Å². The average molecular weight is 346 g/mol. The van der Waals surface area contributed by atoms with Gasteiger partial charge in [0.1, 0.15) is 17.3 Å². The van der Waals surface area contributed by atoms with Gasteiger partial charge >= 0.3 is 0 Å². The second-order valence-corrected chi connectivity index (χ2v) is 6.37. The lowest BCUT2D eigenvalue weighted by molar-refractivity contribution is 0.102. The SMILES string of the molecule is Cc1nc(Nc2ccccc2C(C)C)cc(C(=O)Nc2ccccc2)n1. The molecule has 0 bridgehead atoms. The topological polar surface area (TPSA) is 66.9 Å². The molecule has 3 rings (SSSR count). The number of aryl methyl sites for hydroxylation is 1. The first kappa shape index (κ1) is 17.6. The number of para-hydroxylation sites is 2. The highest BCUT2D eigenvalue weighted by molar-refractivity contribution is 6.03. The van der Waals surface area contributed by atoms with Crippen LogP contribution >= 0.6 is 0 Å². The molecular formula is C21H22N4O. The quantitative estimate of drug-likeness (QED) is 0.689. The predicted octanol–water partition coefficient (Wildman–Crippen LogP) is 4.90. The number of hydrogen-bond donors (Lipinski definition) is 2. The number of carbonyl (C=O) groups is 1. The summed E-state index contributed by atoms with van der Waals surface area (Å²) in [6.45, 7) is 6.06. The lowest BCUT2D eigenvalue weighted by atomic mass is 10.0. The normalized spacial score (nSPS) is 10.6. The van der Waals surface area contributed by atoms with Crippen LogP contribution in [0.15, 0.2) is 60.7 Å². The summed E-state index contributed by atoms with van der Waals surface area (Å²) in [5.74, 6) is 1.25. The van der Waals surface area contributed by atoms with E-state index < -0.39 is 0 Å². The molecule has 0 unspecified atom stereocenters. The first-order valence-electron chi connectivity index (χ1n) is 8.61. The van der Waals surface area contributed by atoms with E-state index in [0.29, 0.717) is 23.3 Å². The van der Waals surface area contributed by atoms with Gasteiger partial charge in [-0.3, -0.25) is 4.79 Å². The first-order valence-corrected chi connectivity index (χ1v) is 8.61. The summed E-state index contributed by atoms with van der Waals surface area (Å²) in [7, 11) is 0. The van der Waals surface area contributed by atoms with Gasteiger partial charge in [0.25, 0.3) is 5.91 Å². The number of rotatable bonds is 5. The summed E-state index contributed by atoms with van der Waals surface area (Å²) in [6.07, 6.45) is 0. The van der Waals surface area contributed by atoms with Crippen molar-refractivity contribution >= 4 is 23.1 Å². The number of anilines is 3. The van der Waals surface area contributed by atoms with Crippen LogP contribution in [-0.4, -0.2) is 15.9 Å². The van der Waals surface area contributed by atoms with Gasteiger partial charge in [-0.1, -0.05) is 50.2 Å². The Hall–Kier alpha value is -3.21. The minimum Gasteiger partial charge on any atom is -0.340 e. The summed E-state index contributed by atoms with van der Waals surface area (Å²) >= 11 is 0. The molecule has 1 amide bonds. The van der Waals surface area contributed by atoms with Crippen LogP contribution in [-0.2, 0) is 0 Å². The molecule has 0 aliphatic rings. The fraction of sp³-hybridized carbons (Fsp3) is 0.190. The Morgan fingerprint density at radius 2 is 1.65 bits per heavy atom. The standard InChI is InChI=1S/C21H22N4O/c1-14(2)17-11-7-8-12-18(17)25-20-13-19(22-15(3)23-20)21(26)24-16-9-5-4-6-10-16/h4-14H,1-3H3,(H,24,26)(H,22,23,25). The van der Waals surface area contributed by atoms with E-state index in [1.165, 1.54) is 5.56 Å². The molecule has 26 heavy (non-hydrogen) atoms. The lowest BCUT2D eigenvalue weighted by Crippen LogP contribution is -2.15. The third kappa shape index (κ3) is 4.25. The summed E-state index contributed by atoms with van der Waals surface area (Å²) in [5.41, 5.74) is 3.23. The first-order chi connectivity index (χ1) is 12.5. The number of aromatic nitrogens is 2. The van der Waals surface area contributed by atoms with Gasteiger partial charge in [0.05, 0.1) is 0 Å². The van der Waals surface area contributed by atoms with Crippen molar-refractivity contribution < 1.29 is 4.79 Å². The molecule has 0 spiro atoms. The van der Waals surface area contributed by atoms with Crippen LogP contribution in [0.3, 0.4) is 0 Å². The molecule has 0 radical (unpaired) electrons. The van der Waals surface area contributed by atoms with Crippen LogP contribution in [0, 0.1) is 6.92 Å². The Morgan fingerprint density at radius 1 is 0.962 bits per heavy atom. The smallest absolute Gasteiger partial charge is 0.274 e. The molecule has 1 aromatic heterocycles. The minimum atomic E-state index is -0.262. The zero-order valence-electron chi connectivity index (χ0n) is 15.2. The van der Waals surface area contributed by atoms with Crippen molar-refractivity contribution in [2.24, 2.45) is 0 Å². The number of nitrogens with one attached hydrogen (secondary N) is 2. The molecule has 1 heterocycles. The molecule has 0 saturated heterocycles. The van der Waals surface area contributed by atoms with E-state index in [4.69, 9.17) is 0 Å². The Morgan fingerprint density at radius 3 is 2.38 bits per heavy atom. The molecule has 3 aromatic rings. The second-order valence-electron chi connectivity index (χ2n) is 6.37. The number of nitrogens with zero attached hydrogens (tertiary/aromatic N) is 2. The molecule has 2 aromatic carbocycles. The fourth-order valence-corrected chi connectivity index (χ4v) is 2.72. The van der Waals surface area contributed by atoms with E-state index >= 15 is 0 Å². The molecule has 0 fully saturated rings. The highest BCUT2D eigenvalue weighted by Crippen LogP contribution is 2.26. The molecule has 5 nitrogen and oxygen atoms in total. The van der Waals surface area contributed by atoms with E-state index in [-0.39, 0.29) is 5.91 Å². The molecule has 5 heteroatoms. The van der Waals surface area contributed by atoms with Gasteiger partial charge < -0.3 is 10.6 Å². The maximum atomic E-state index is 12.5. The van der Waals surface area contributed by atoms with Crippen LogP contribution in [0.25, 0.3) is 0 Å². The lowest BCUT2D eigenvalue weighted by Gasteiger charge is -2.15. The third-order valence-electron chi connectivity index (χ3n) is 3.95. The molecular weight excluding hydrogens is 324 g/mol. The van der Waals surface area contributed by atoms with Crippen molar-refractivity contribution in [3.8, 4) is 0 Å². The maximum absolute atomic E-state index is 12.5. The van der Waals surface area contributed by atoms with E-state index in [1.807, 2.05) is 48.5 Å². The Labute approximate surface area is 153 Å². The van der Waals surface area contributed by atoms with Crippen molar-refractivity contribution in [2.45, 2.75) is 26.7 Å². The highest BCUT2D eigenvalue weighted by Gasteiger charge is 2.12. The van der Waals surface area contributed by atoms with Gasteiger partial charge in [-0.25, -0.2) is 9.97 Å². The third-order valence-corrected chi connectivity index (χ3v) is 3.95. The van der Waals surface area contributed by atoms with Gasteiger partial charge in [-0.2, -0.15) is 0 Å². The van der Waals surface area contributed by atoms with Crippen LogP contribution in [0.2, 0.25) is 0 Å². The highest BCUT2D eigenvalue weighted by atomic mass is 16.1. The molecule has 2 N–H and O–H groups in total. The fourth-order valence-electron chi connectivity index (χ4n) is 2.72. The van der Waals surface area contributed by atoms with Gasteiger partial charge in [0.15, 0.2) is 0 Å². The van der Waals surface area contributed by atoms with Gasteiger partial charge in [-0.15, -0.1) is 0 Å². The molecule has 132 valence electrons. The number of hydrogen-bond acceptors (Lipinski definition) is 4. The summed E-state index contributed by atoms with van der Waals surface area (Å²) in [6, 6.07) is 19.1. The van der Waals surface area contributed by atoms with Crippen LogP contribution < -0.4 is 10.6 Å². The molecule has 0 saturated carbocycles. The van der Waals surface area contributed by atoms with Crippen molar-refractivity contribution in [1.82, 2.24) is 9.97 Å². The van der Waals surface area contributed by atoms with Crippen LogP contribution in [0.5, 0.6) is 0 Å². The number of benzene rings is 2. The van der Waals surface area contributed by atoms with E-state index in [0.717, 1.165) is 11.4 Å². The summed E-state index contributed by atoms with van der Waals surface area (Å²) < 4.78 is 0. The Kier molecular flexibility index (Phi) is 5.27. The summed E-state index contributed by atoms with van der Waals surface area (Å²) in [5, 5.41) is 6.17. The van der Waals surface area contributed by atoms with Crippen molar-refractivity contribution in [1.29, 1.82) is 0 Å². The van der Waals surface area contributed by atoms with E-state index in [9.17, 15) is 4.79 Å².